The van der Waals surface area contributed by atoms with E-state index in [-0.39, 0.29) is 0 Å². The molecule has 0 saturated carbocycles. The maximum Gasteiger partial charge on any atom is 0.0809 e. The highest BCUT2D eigenvalue weighted by atomic mass is 32.1. The molecule has 3 atom stereocenters. The number of hydrogen-bond acceptors (Lipinski definition) is 4. The smallest absolute Gasteiger partial charge is 0.0809 e. The lowest BCUT2D eigenvalue weighted by Crippen LogP contribution is -2.36. The maximum atomic E-state index is 5.58. The van der Waals surface area contributed by atoms with Crippen molar-refractivity contribution < 1.29 is 4.74 Å². The second kappa shape index (κ2) is 4.96. The molecular weight excluding hydrogens is 244 g/mol. The first-order chi connectivity index (χ1) is 8.74. The molecule has 0 aromatic carbocycles. The lowest BCUT2D eigenvalue weighted by atomic mass is 10.1. The van der Waals surface area contributed by atoms with E-state index in [1.165, 1.54) is 10.3 Å². The Morgan fingerprint density at radius 1 is 1.56 bits per heavy atom. The second-order valence-corrected chi connectivity index (χ2v) is 5.88. The zero-order valence-corrected chi connectivity index (χ0v) is 11.5. The van der Waals surface area contributed by atoms with E-state index in [0.717, 1.165) is 18.5 Å². The predicted molar refractivity (Wildman–Crippen MR) is 75.0 cm³/mol. The van der Waals surface area contributed by atoms with E-state index >= 15 is 0 Å². The molecule has 1 aliphatic rings. The quantitative estimate of drug-likeness (QED) is 0.923. The Morgan fingerprint density at radius 2 is 2.44 bits per heavy atom. The highest BCUT2D eigenvalue weighted by Gasteiger charge is 2.25. The van der Waals surface area contributed by atoms with E-state index in [2.05, 4.69) is 41.7 Å². The van der Waals surface area contributed by atoms with Gasteiger partial charge in [-0.2, -0.15) is 0 Å². The summed E-state index contributed by atoms with van der Waals surface area (Å²) in [5.74, 6) is 0. The zero-order chi connectivity index (χ0) is 12.5. The normalized spacial score (nSPS) is 25.7. The van der Waals surface area contributed by atoms with Gasteiger partial charge >= 0.3 is 0 Å². The molecule has 0 bridgehead atoms. The maximum absolute atomic E-state index is 5.58. The van der Waals surface area contributed by atoms with Gasteiger partial charge in [0.25, 0.3) is 0 Å². The second-order valence-electron chi connectivity index (χ2n) is 4.93. The van der Waals surface area contributed by atoms with Crippen molar-refractivity contribution in [2.24, 2.45) is 0 Å². The van der Waals surface area contributed by atoms with E-state index in [9.17, 15) is 0 Å². The number of nitrogens with zero attached hydrogens (tertiary/aromatic N) is 1. The average Bonchev–Trinajstić information content (AvgIpc) is 2.98. The number of thiophene rings is 1. The minimum absolute atomic E-state index is 0.311. The van der Waals surface area contributed by atoms with Crippen molar-refractivity contribution in [1.29, 1.82) is 0 Å². The van der Waals surface area contributed by atoms with Crippen LogP contribution >= 0.6 is 11.3 Å². The molecule has 2 aromatic rings. The summed E-state index contributed by atoms with van der Waals surface area (Å²) in [7, 11) is 0. The molecule has 3 heterocycles. The first-order valence-electron chi connectivity index (χ1n) is 6.45. The average molecular weight is 262 g/mol. The van der Waals surface area contributed by atoms with Crippen molar-refractivity contribution in [3.63, 3.8) is 0 Å². The molecule has 18 heavy (non-hydrogen) atoms. The summed E-state index contributed by atoms with van der Waals surface area (Å²) in [5, 5.41) is 5.73. The van der Waals surface area contributed by atoms with Gasteiger partial charge in [-0.15, -0.1) is 11.3 Å². The summed E-state index contributed by atoms with van der Waals surface area (Å²) in [5.41, 5.74) is 2.34. The van der Waals surface area contributed by atoms with Gasteiger partial charge in [0.1, 0.15) is 0 Å². The van der Waals surface area contributed by atoms with E-state index in [1.54, 1.807) is 11.3 Å². The van der Waals surface area contributed by atoms with Gasteiger partial charge in [-0.1, -0.05) is 0 Å². The zero-order valence-electron chi connectivity index (χ0n) is 10.7. The van der Waals surface area contributed by atoms with Crippen molar-refractivity contribution in [3.8, 4) is 0 Å². The molecule has 0 radical (unpaired) electrons. The minimum Gasteiger partial charge on any atom is -0.377 e. The number of nitrogens with one attached hydrogen (secondary N) is 1. The Kier molecular flexibility index (Phi) is 3.33. The van der Waals surface area contributed by atoms with Crippen LogP contribution in [-0.4, -0.2) is 23.7 Å². The molecule has 1 fully saturated rings. The highest BCUT2D eigenvalue weighted by molar-refractivity contribution is 7.17. The number of ether oxygens (including phenoxy) is 1. The van der Waals surface area contributed by atoms with E-state index in [1.807, 2.05) is 6.20 Å². The van der Waals surface area contributed by atoms with Crippen LogP contribution in [0.5, 0.6) is 0 Å². The molecule has 3 unspecified atom stereocenters. The molecule has 1 saturated heterocycles. The molecule has 3 rings (SSSR count). The van der Waals surface area contributed by atoms with Crippen molar-refractivity contribution in [2.45, 2.75) is 38.5 Å². The lowest BCUT2D eigenvalue weighted by molar-refractivity contribution is 0.111. The summed E-state index contributed by atoms with van der Waals surface area (Å²) in [6.07, 6.45) is 3.39. The van der Waals surface area contributed by atoms with Crippen LogP contribution in [0.1, 0.15) is 31.9 Å². The summed E-state index contributed by atoms with van der Waals surface area (Å²) >= 11 is 1.75. The standard InChI is InChI=1S/C14H18N2OS/c1-9(16-12-3-5-17-10(12)2)11-7-14-13(15-8-11)4-6-18-14/h4,6-10,12,16H,3,5H2,1-2H3. The Hall–Kier alpha value is -0.970. The number of pyridine rings is 1. The Bertz CT molecular complexity index is 539. The molecule has 0 spiro atoms. The van der Waals surface area contributed by atoms with Gasteiger partial charge in [-0.3, -0.25) is 4.98 Å². The summed E-state index contributed by atoms with van der Waals surface area (Å²) in [6.45, 7) is 5.20. The molecule has 3 nitrogen and oxygen atoms in total. The number of aromatic nitrogens is 1. The summed E-state index contributed by atoms with van der Waals surface area (Å²) in [6, 6.07) is 5.08. The Labute approximate surface area is 111 Å². The van der Waals surface area contributed by atoms with Gasteiger partial charge in [0.05, 0.1) is 16.3 Å². The molecule has 0 aliphatic carbocycles. The van der Waals surface area contributed by atoms with Crippen LogP contribution in [0, 0.1) is 0 Å². The van der Waals surface area contributed by atoms with Crippen LogP contribution in [0.25, 0.3) is 10.2 Å². The Balaban J connectivity index is 1.76. The van der Waals surface area contributed by atoms with Crippen LogP contribution in [0.3, 0.4) is 0 Å². The van der Waals surface area contributed by atoms with Crippen molar-refractivity contribution in [2.75, 3.05) is 6.61 Å². The van der Waals surface area contributed by atoms with Crippen molar-refractivity contribution >= 4 is 21.6 Å². The third-order valence-corrected chi connectivity index (χ3v) is 4.52. The fraction of sp³-hybridized carbons (Fsp3) is 0.500. The molecule has 0 amide bonds. The number of hydrogen-bond donors (Lipinski definition) is 1. The monoisotopic (exact) mass is 262 g/mol. The van der Waals surface area contributed by atoms with Crippen LogP contribution < -0.4 is 5.32 Å². The van der Waals surface area contributed by atoms with Gasteiger partial charge in [0.2, 0.25) is 0 Å². The van der Waals surface area contributed by atoms with Crippen LogP contribution in [0.4, 0.5) is 0 Å². The van der Waals surface area contributed by atoms with Gasteiger partial charge in [0.15, 0.2) is 0 Å². The lowest BCUT2D eigenvalue weighted by Gasteiger charge is -2.21. The van der Waals surface area contributed by atoms with E-state index in [4.69, 9.17) is 4.74 Å². The fourth-order valence-corrected chi connectivity index (χ4v) is 3.26. The molecule has 96 valence electrons. The molecule has 1 N–H and O–H groups in total. The third kappa shape index (κ3) is 2.28. The molecule has 1 aliphatic heterocycles. The van der Waals surface area contributed by atoms with Gasteiger partial charge in [-0.25, -0.2) is 0 Å². The topological polar surface area (TPSA) is 34.1 Å². The largest absolute Gasteiger partial charge is 0.377 e. The van der Waals surface area contributed by atoms with E-state index in [0.29, 0.717) is 18.2 Å². The predicted octanol–water partition coefficient (Wildman–Crippen LogP) is 3.12. The summed E-state index contributed by atoms with van der Waals surface area (Å²) < 4.78 is 6.84. The van der Waals surface area contributed by atoms with Crippen LogP contribution in [0.2, 0.25) is 0 Å². The van der Waals surface area contributed by atoms with Gasteiger partial charge in [0, 0.05) is 24.9 Å². The first kappa shape index (κ1) is 12.1. The van der Waals surface area contributed by atoms with Crippen molar-refractivity contribution in [3.05, 3.63) is 29.3 Å². The molecule has 4 heteroatoms. The SMILES string of the molecule is CC(NC1CCOC1C)c1cnc2ccsc2c1. The minimum atomic E-state index is 0.311. The summed E-state index contributed by atoms with van der Waals surface area (Å²) in [4.78, 5) is 4.49. The highest BCUT2D eigenvalue weighted by Crippen LogP contribution is 2.24. The fourth-order valence-electron chi connectivity index (χ4n) is 2.47. The molecular formula is C14H18N2OS. The van der Waals surface area contributed by atoms with Crippen LogP contribution in [0.15, 0.2) is 23.7 Å². The van der Waals surface area contributed by atoms with Crippen LogP contribution in [-0.2, 0) is 4.74 Å². The van der Waals surface area contributed by atoms with E-state index < -0.39 is 0 Å². The third-order valence-electron chi connectivity index (χ3n) is 3.66. The number of fused-ring (bicyclic) bond motifs is 1. The Morgan fingerprint density at radius 3 is 3.22 bits per heavy atom. The van der Waals surface area contributed by atoms with Gasteiger partial charge in [-0.05, 0) is 43.3 Å². The first-order valence-corrected chi connectivity index (χ1v) is 7.33. The van der Waals surface area contributed by atoms with Gasteiger partial charge < -0.3 is 10.1 Å². The van der Waals surface area contributed by atoms with Crippen molar-refractivity contribution in [1.82, 2.24) is 10.3 Å². The molecule has 2 aromatic heterocycles. The number of rotatable bonds is 3.